The van der Waals surface area contributed by atoms with E-state index in [0.717, 1.165) is 0 Å². The molecule has 0 unspecified atom stereocenters. The molecule has 0 bridgehead atoms. The number of aromatic nitrogens is 2. The molecule has 0 fully saturated rings. The van der Waals surface area contributed by atoms with Crippen molar-refractivity contribution in [3.8, 4) is 33.6 Å². The second kappa shape index (κ2) is 8.74. The fraction of sp³-hybridized carbons (Fsp3) is 0. The van der Waals surface area contributed by atoms with Gasteiger partial charge in [-0.15, -0.1) is 0 Å². The van der Waals surface area contributed by atoms with Crippen LogP contribution in [0.2, 0.25) is 0 Å². The van der Waals surface area contributed by atoms with Crippen LogP contribution in [0.1, 0.15) is 0 Å². The van der Waals surface area contributed by atoms with Crippen molar-refractivity contribution in [3.63, 3.8) is 0 Å². The summed E-state index contributed by atoms with van der Waals surface area (Å²) in [5, 5.41) is 10.3. The molecule has 0 aliphatic heterocycles. The molecule has 8 aromatic carbocycles. The first-order chi connectivity index (χ1) is 22.8. The molecule has 0 radical (unpaired) electrons. The predicted molar refractivity (Wildman–Crippen MR) is 195 cm³/mol. The maximum atomic E-state index is 2.48. The molecule has 2 nitrogen and oxygen atoms in total. The second-order valence-electron chi connectivity index (χ2n) is 12.5. The minimum absolute atomic E-state index is 1.17. The van der Waals surface area contributed by atoms with E-state index in [9.17, 15) is 0 Å². The lowest BCUT2D eigenvalue weighted by Crippen LogP contribution is -1.96. The van der Waals surface area contributed by atoms with Crippen LogP contribution in [0, 0.1) is 0 Å². The number of para-hydroxylation sites is 2. The van der Waals surface area contributed by atoms with Crippen LogP contribution < -0.4 is 0 Å². The van der Waals surface area contributed by atoms with Crippen molar-refractivity contribution in [2.75, 3.05) is 0 Å². The van der Waals surface area contributed by atoms with Gasteiger partial charge < -0.3 is 9.13 Å². The van der Waals surface area contributed by atoms with E-state index in [-0.39, 0.29) is 0 Å². The van der Waals surface area contributed by atoms with E-state index in [4.69, 9.17) is 0 Å². The molecule has 2 heteroatoms. The Morgan fingerprint density at radius 1 is 0.304 bits per heavy atom. The monoisotopic (exact) mass is 582 g/mol. The van der Waals surface area contributed by atoms with Crippen LogP contribution in [0.5, 0.6) is 0 Å². The van der Waals surface area contributed by atoms with Crippen LogP contribution >= 0.6 is 0 Å². The summed E-state index contributed by atoms with van der Waals surface area (Å²) in [5.74, 6) is 0. The van der Waals surface area contributed by atoms with Crippen molar-refractivity contribution in [3.05, 3.63) is 158 Å². The Balaban J connectivity index is 1.33. The number of fused-ring (bicyclic) bond motifs is 12. The van der Waals surface area contributed by atoms with Gasteiger partial charge in [0, 0.05) is 32.9 Å². The molecule has 0 spiro atoms. The van der Waals surface area contributed by atoms with E-state index in [1.54, 1.807) is 0 Å². The van der Waals surface area contributed by atoms with Gasteiger partial charge in [-0.1, -0.05) is 115 Å². The number of benzene rings is 8. The Kier molecular flexibility index (Phi) is 4.61. The minimum Gasteiger partial charge on any atom is -0.309 e. The van der Waals surface area contributed by atoms with Gasteiger partial charge in [-0.25, -0.2) is 0 Å². The number of hydrogen-bond donors (Lipinski definition) is 0. The molecular weight excluding hydrogens is 556 g/mol. The molecule has 2 heterocycles. The largest absolute Gasteiger partial charge is 0.309 e. The SMILES string of the molecule is c1ccc(-n2c3ccc4ccccc4c3c3ccc4c(c5ccccc5n4-c4cc5c6c(cccc6c4)-c4ccccc4-5)c32)cc1. The summed E-state index contributed by atoms with van der Waals surface area (Å²) in [6, 6.07) is 58.2. The smallest absolute Gasteiger partial charge is 0.0641 e. The molecule has 0 saturated heterocycles. The third-order valence-electron chi connectivity index (χ3n) is 10.2. The predicted octanol–water partition coefficient (Wildman–Crippen LogP) is 11.8. The van der Waals surface area contributed by atoms with Gasteiger partial charge in [0.1, 0.15) is 0 Å². The Hall–Kier alpha value is -6.12. The lowest BCUT2D eigenvalue weighted by Gasteiger charge is -2.12. The molecule has 1 aliphatic rings. The van der Waals surface area contributed by atoms with Gasteiger partial charge in [-0.3, -0.25) is 0 Å². The second-order valence-corrected chi connectivity index (χ2v) is 12.5. The standard InChI is InChI=1S/C44H26N2/c1-2-13-29(14-3-1)46-39-23-21-27-11-4-5-15-31(27)42(39)36-22-24-40-43(44(36)46)35-18-8-9-20-38(35)45(40)30-25-28-12-10-19-34-32-16-6-7-17-33(32)37(26-30)41(28)34/h1-26H. The highest BCUT2D eigenvalue weighted by molar-refractivity contribution is 6.30. The molecule has 0 atom stereocenters. The first-order valence-corrected chi connectivity index (χ1v) is 16.0. The zero-order chi connectivity index (χ0) is 29.9. The van der Waals surface area contributed by atoms with Gasteiger partial charge in [0.2, 0.25) is 0 Å². The van der Waals surface area contributed by atoms with Crippen molar-refractivity contribution in [1.82, 2.24) is 9.13 Å². The average molecular weight is 583 g/mol. The van der Waals surface area contributed by atoms with Crippen molar-refractivity contribution in [1.29, 1.82) is 0 Å². The van der Waals surface area contributed by atoms with E-state index in [1.807, 2.05) is 0 Å². The molecule has 0 amide bonds. The van der Waals surface area contributed by atoms with Crippen molar-refractivity contribution in [2.24, 2.45) is 0 Å². The van der Waals surface area contributed by atoms with E-state index in [2.05, 4.69) is 167 Å². The van der Waals surface area contributed by atoms with Crippen LogP contribution in [0.25, 0.3) is 98.8 Å². The van der Waals surface area contributed by atoms with Gasteiger partial charge >= 0.3 is 0 Å². The van der Waals surface area contributed by atoms with Crippen LogP contribution in [0.3, 0.4) is 0 Å². The Bertz CT molecular complexity index is 2900. The maximum absolute atomic E-state index is 2.48. The van der Waals surface area contributed by atoms with Crippen LogP contribution in [0.4, 0.5) is 0 Å². The average Bonchev–Trinajstić information content (AvgIpc) is 3.75. The Labute approximate surface area is 265 Å². The third kappa shape index (κ3) is 3.01. The van der Waals surface area contributed by atoms with Gasteiger partial charge in [0.15, 0.2) is 0 Å². The summed E-state index contributed by atoms with van der Waals surface area (Å²) in [7, 11) is 0. The maximum Gasteiger partial charge on any atom is 0.0641 e. The topological polar surface area (TPSA) is 9.86 Å². The molecule has 46 heavy (non-hydrogen) atoms. The first kappa shape index (κ1) is 24.2. The Morgan fingerprint density at radius 2 is 0.978 bits per heavy atom. The lowest BCUT2D eigenvalue weighted by molar-refractivity contribution is 1.18. The van der Waals surface area contributed by atoms with E-state index in [0.29, 0.717) is 0 Å². The van der Waals surface area contributed by atoms with Crippen LogP contribution in [-0.4, -0.2) is 9.13 Å². The summed E-state index contributed by atoms with van der Waals surface area (Å²) in [4.78, 5) is 0. The molecule has 0 saturated carbocycles. The number of rotatable bonds is 2. The zero-order valence-corrected chi connectivity index (χ0v) is 24.9. The summed E-state index contributed by atoms with van der Waals surface area (Å²) < 4.78 is 4.97. The van der Waals surface area contributed by atoms with Crippen LogP contribution in [0.15, 0.2) is 158 Å². The van der Waals surface area contributed by atoms with Crippen LogP contribution in [-0.2, 0) is 0 Å². The molecule has 11 rings (SSSR count). The highest BCUT2D eigenvalue weighted by Gasteiger charge is 2.25. The van der Waals surface area contributed by atoms with E-state index < -0.39 is 0 Å². The highest BCUT2D eigenvalue weighted by atomic mass is 15.0. The Morgan fingerprint density at radius 3 is 1.87 bits per heavy atom. The van der Waals surface area contributed by atoms with Gasteiger partial charge in [0.25, 0.3) is 0 Å². The summed E-state index contributed by atoms with van der Waals surface area (Å²) in [6.45, 7) is 0. The minimum atomic E-state index is 1.17. The fourth-order valence-electron chi connectivity index (χ4n) is 8.38. The zero-order valence-electron chi connectivity index (χ0n) is 24.9. The summed E-state index contributed by atoms with van der Waals surface area (Å²) in [6.07, 6.45) is 0. The summed E-state index contributed by atoms with van der Waals surface area (Å²) in [5.41, 5.74) is 12.6. The first-order valence-electron chi connectivity index (χ1n) is 16.0. The summed E-state index contributed by atoms with van der Waals surface area (Å²) >= 11 is 0. The van der Waals surface area contributed by atoms with Crippen molar-refractivity contribution < 1.29 is 0 Å². The van der Waals surface area contributed by atoms with Gasteiger partial charge in [-0.2, -0.15) is 0 Å². The third-order valence-corrected chi connectivity index (χ3v) is 10.2. The molecule has 2 aromatic heterocycles. The molecule has 1 aliphatic carbocycles. The van der Waals surface area contributed by atoms with Crippen molar-refractivity contribution in [2.45, 2.75) is 0 Å². The quantitative estimate of drug-likeness (QED) is 0.192. The number of nitrogens with zero attached hydrogens (tertiary/aromatic N) is 2. The number of hydrogen-bond acceptors (Lipinski definition) is 0. The van der Waals surface area contributed by atoms with E-state index >= 15 is 0 Å². The van der Waals surface area contributed by atoms with Crippen molar-refractivity contribution >= 4 is 65.2 Å². The van der Waals surface area contributed by atoms with Gasteiger partial charge in [0.05, 0.1) is 22.1 Å². The lowest BCUT2D eigenvalue weighted by atomic mass is 10.0. The molecule has 0 N–H and O–H groups in total. The normalized spacial score (nSPS) is 12.3. The fourth-order valence-corrected chi connectivity index (χ4v) is 8.38. The highest BCUT2D eigenvalue weighted by Crippen LogP contribution is 2.49. The molecule has 10 aromatic rings. The van der Waals surface area contributed by atoms with Gasteiger partial charge in [-0.05, 0) is 86.3 Å². The molecular formula is C44H26N2. The molecule has 212 valence electrons. The van der Waals surface area contributed by atoms with E-state index in [1.165, 1.54) is 98.8 Å².